The van der Waals surface area contributed by atoms with Gasteiger partial charge in [0.1, 0.15) is 5.75 Å². The van der Waals surface area contributed by atoms with Gasteiger partial charge in [-0.15, -0.1) is 12.4 Å². The molecule has 3 aromatic rings. The fourth-order valence-electron chi connectivity index (χ4n) is 3.69. The van der Waals surface area contributed by atoms with Crippen LogP contribution < -0.4 is 4.74 Å². The molecule has 174 valence electrons. The number of nitrogens with zero attached hydrogens (tertiary/aromatic N) is 1. The number of hydrogen-bond donors (Lipinski definition) is 1. The second-order valence-electron chi connectivity index (χ2n) is 7.62. The topological polar surface area (TPSA) is 62.4 Å². The molecule has 0 spiro atoms. The van der Waals surface area contributed by atoms with E-state index < -0.39 is 9.84 Å². The largest absolute Gasteiger partial charge is 0.496 e. The zero-order chi connectivity index (χ0) is 22.3. The number of hydrogen-bond acceptors (Lipinski definition) is 4. The van der Waals surface area contributed by atoms with E-state index in [4.69, 9.17) is 4.74 Å². The first-order valence-corrected chi connectivity index (χ1v) is 12.5. The monoisotopic (exact) mass is 476 g/mol. The number of aryl methyl sites for hydroxylation is 1. The molecule has 0 radical (unpaired) electrons. The number of benzene rings is 2. The number of H-pyrrole nitrogens is 1. The van der Waals surface area contributed by atoms with E-state index in [0.29, 0.717) is 10.6 Å². The fraction of sp³-hybridized carbons (Fsp3) is 0.360. The van der Waals surface area contributed by atoms with Crippen LogP contribution in [0.1, 0.15) is 31.5 Å². The van der Waals surface area contributed by atoms with Gasteiger partial charge >= 0.3 is 0 Å². The Morgan fingerprint density at radius 2 is 1.75 bits per heavy atom. The maximum atomic E-state index is 12.3. The van der Waals surface area contributed by atoms with Gasteiger partial charge in [-0.3, -0.25) is 4.90 Å². The van der Waals surface area contributed by atoms with Crippen molar-refractivity contribution in [3.8, 4) is 17.0 Å². The first-order valence-electron chi connectivity index (χ1n) is 10.8. The van der Waals surface area contributed by atoms with E-state index in [1.165, 1.54) is 5.56 Å². The number of halogens is 1. The van der Waals surface area contributed by atoms with Crippen molar-refractivity contribution in [2.75, 3.05) is 26.0 Å². The summed E-state index contributed by atoms with van der Waals surface area (Å²) in [4.78, 5) is 6.19. The van der Waals surface area contributed by atoms with Gasteiger partial charge in [0.15, 0.2) is 9.84 Å². The highest BCUT2D eigenvalue weighted by Gasteiger charge is 2.17. The van der Waals surface area contributed by atoms with Gasteiger partial charge < -0.3 is 9.72 Å². The lowest BCUT2D eigenvalue weighted by Crippen LogP contribution is -2.24. The lowest BCUT2D eigenvalue weighted by Gasteiger charge is -2.19. The van der Waals surface area contributed by atoms with Crippen molar-refractivity contribution in [2.45, 2.75) is 38.1 Å². The van der Waals surface area contributed by atoms with Crippen LogP contribution in [0.4, 0.5) is 0 Å². The summed E-state index contributed by atoms with van der Waals surface area (Å²) in [5.74, 6) is 0.724. The average Bonchev–Trinajstić information content (AvgIpc) is 3.27. The molecule has 1 aromatic heterocycles. The summed E-state index contributed by atoms with van der Waals surface area (Å²) in [6, 6.07) is 19.7. The van der Waals surface area contributed by atoms with Crippen molar-refractivity contribution in [3.63, 3.8) is 0 Å². The first-order chi connectivity index (χ1) is 15.0. The number of sulfone groups is 1. The Morgan fingerprint density at radius 1 is 1.00 bits per heavy atom. The molecule has 1 N–H and O–H groups in total. The molecular weight excluding hydrogens is 444 g/mol. The van der Waals surface area contributed by atoms with Crippen LogP contribution in [-0.2, 0) is 22.8 Å². The van der Waals surface area contributed by atoms with Gasteiger partial charge in [0.05, 0.1) is 17.8 Å². The summed E-state index contributed by atoms with van der Waals surface area (Å²) in [6.07, 6.45) is 2.18. The van der Waals surface area contributed by atoms with Crippen molar-refractivity contribution in [1.82, 2.24) is 9.88 Å². The maximum Gasteiger partial charge on any atom is 0.178 e. The minimum atomic E-state index is -3.28. The lowest BCUT2D eigenvalue weighted by molar-refractivity contribution is 0.274. The predicted octanol–water partition coefficient (Wildman–Crippen LogP) is 5.36. The quantitative estimate of drug-likeness (QED) is 0.404. The van der Waals surface area contributed by atoms with Gasteiger partial charge in [-0.25, -0.2) is 8.42 Å². The zero-order valence-electron chi connectivity index (χ0n) is 19.0. The van der Waals surface area contributed by atoms with E-state index in [9.17, 15) is 8.42 Å². The zero-order valence-corrected chi connectivity index (χ0v) is 20.6. The van der Waals surface area contributed by atoms with E-state index in [1.807, 2.05) is 12.1 Å². The molecule has 2 aromatic carbocycles. The Labute approximate surface area is 198 Å². The molecule has 7 heteroatoms. The summed E-state index contributed by atoms with van der Waals surface area (Å²) < 4.78 is 30.1. The van der Waals surface area contributed by atoms with Crippen molar-refractivity contribution < 1.29 is 13.2 Å². The second-order valence-corrected chi connectivity index (χ2v) is 9.90. The van der Waals surface area contributed by atoms with E-state index >= 15 is 0 Å². The summed E-state index contributed by atoms with van der Waals surface area (Å²) in [7, 11) is -1.68. The standard InChI is InChI=1S/C25H32N2O3S.ClH/c1-4-27(17-9-12-20-10-7-6-8-11-20)19-21-13-15-24(26-21)23-18-22(31(28,29)5-2)14-16-25(23)30-3;/h6-8,10-11,13-16,18,26H,4-5,9,12,17,19H2,1-3H3;1H. The van der Waals surface area contributed by atoms with Gasteiger partial charge in [-0.05, 0) is 61.8 Å². The molecule has 0 aliphatic heterocycles. The second kappa shape index (κ2) is 12.1. The number of rotatable bonds is 11. The van der Waals surface area contributed by atoms with Gasteiger partial charge in [0, 0.05) is 23.5 Å². The van der Waals surface area contributed by atoms with Crippen LogP contribution in [0.5, 0.6) is 5.75 Å². The molecule has 0 saturated heterocycles. The molecule has 0 saturated carbocycles. The van der Waals surface area contributed by atoms with Crippen LogP contribution in [0.2, 0.25) is 0 Å². The van der Waals surface area contributed by atoms with Crippen molar-refractivity contribution in [2.24, 2.45) is 0 Å². The Balaban J connectivity index is 0.00000363. The van der Waals surface area contributed by atoms with Crippen LogP contribution in [0.3, 0.4) is 0 Å². The van der Waals surface area contributed by atoms with Crippen LogP contribution in [0.25, 0.3) is 11.3 Å². The Morgan fingerprint density at radius 3 is 2.41 bits per heavy atom. The summed E-state index contributed by atoms with van der Waals surface area (Å²) >= 11 is 0. The smallest absolute Gasteiger partial charge is 0.178 e. The van der Waals surface area contributed by atoms with E-state index in [0.717, 1.165) is 49.4 Å². The predicted molar refractivity (Wildman–Crippen MR) is 133 cm³/mol. The summed E-state index contributed by atoms with van der Waals surface area (Å²) in [5, 5.41) is 0. The molecule has 32 heavy (non-hydrogen) atoms. The third kappa shape index (κ3) is 6.61. The highest BCUT2D eigenvalue weighted by Crippen LogP contribution is 2.32. The molecule has 1 heterocycles. The molecule has 0 aliphatic rings. The first kappa shape index (κ1) is 26.0. The van der Waals surface area contributed by atoms with E-state index in [1.54, 1.807) is 32.2 Å². The fourth-order valence-corrected chi connectivity index (χ4v) is 4.59. The summed E-state index contributed by atoms with van der Waals surface area (Å²) in [5.41, 5.74) is 4.09. The SMILES string of the molecule is CCN(CCCc1ccccc1)Cc1ccc(-c2cc(S(=O)(=O)CC)ccc2OC)[nH]1.Cl. The summed E-state index contributed by atoms with van der Waals surface area (Å²) in [6.45, 7) is 6.64. The molecule has 3 rings (SSSR count). The van der Waals surface area contributed by atoms with Crippen molar-refractivity contribution in [3.05, 3.63) is 71.9 Å². The maximum absolute atomic E-state index is 12.3. The minimum Gasteiger partial charge on any atom is -0.496 e. The van der Waals surface area contributed by atoms with E-state index in [-0.39, 0.29) is 18.2 Å². The van der Waals surface area contributed by atoms with Crippen LogP contribution >= 0.6 is 12.4 Å². The van der Waals surface area contributed by atoms with Gasteiger partial charge in [-0.2, -0.15) is 0 Å². The Kier molecular flexibility index (Phi) is 9.82. The highest BCUT2D eigenvalue weighted by molar-refractivity contribution is 7.91. The molecule has 0 atom stereocenters. The van der Waals surface area contributed by atoms with Gasteiger partial charge in [-0.1, -0.05) is 44.2 Å². The molecule has 0 amide bonds. The third-order valence-electron chi connectivity index (χ3n) is 5.57. The molecular formula is C25H33ClN2O3S. The third-order valence-corrected chi connectivity index (χ3v) is 7.30. The molecule has 5 nitrogen and oxygen atoms in total. The number of ether oxygens (including phenoxy) is 1. The Bertz CT molecular complexity index is 1080. The van der Waals surface area contributed by atoms with Gasteiger partial charge in [0.25, 0.3) is 0 Å². The van der Waals surface area contributed by atoms with Crippen molar-refractivity contribution in [1.29, 1.82) is 0 Å². The van der Waals surface area contributed by atoms with Crippen LogP contribution in [-0.4, -0.2) is 44.3 Å². The lowest BCUT2D eigenvalue weighted by atomic mass is 10.1. The van der Waals surface area contributed by atoms with Crippen LogP contribution in [0, 0.1) is 0 Å². The number of nitrogens with one attached hydrogen (secondary N) is 1. The minimum absolute atomic E-state index is 0. The normalized spacial score (nSPS) is 11.4. The molecule has 0 unspecified atom stereocenters. The van der Waals surface area contributed by atoms with Crippen LogP contribution in [0.15, 0.2) is 65.6 Å². The molecule has 0 aliphatic carbocycles. The molecule has 0 bridgehead atoms. The number of aromatic nitrogens is 1. The molecule has 0 fully saturated rings. The van der Waals surface area contributed by atoms with E-state index in [2.05, 4.69) is 47.1 Å². The van der Waals surface area contributed by atoms with Gasteiger partial charge in [0.2, 0.25) is 0 Å². The highest BCUT2D eigenvalue weighted by atomic mass is 35.5. The average molecular weight is 477 g/mol. The number of aromatic amines is 1. The van der Waals surface area contributed by atoms with Crippen molar-refractivity contribution >= 4 is 22.2 Å². The Hall–Kier alpha value is -2.28. The number of methoxy groups -OCH3 is 1.